The van der Waals surface area contributed by atoms with Gasteiger partial charge in [0.2, 0.25) is 5.82 Å². The zero-order valence-corrected chi connectivity index (χ0v) is 16.2. The first-order valence-corrected chi connectivity index (χ1v) is 8.97. The molecule has 1 aromatic heterocycles. The van der Waals surface area contributed by atoms with E-state index in [1.807, 2.05) is 30.3 Å². The number of halogens is 2. The molecule has 0 radical (unpaired) electrons. The minimum atomic E-state index is -1.06. The number of ether oxygens (including phenoxy) is 1. The summed E-state index contributed by atoms with van der Waals surface area (Å²) in [6.07, 6.45) is -1.06. The summed E-state index contributed by atoms with van der Waals surface area (Å²) in [5.41, 5.74) is 1.10. The van der Waals surface area contributed by atoms with Gasteiger partial charge in [0.15, 0.2) is 12.6 Å². The average molecular weight is 420 g/mol. The molecule has 0 bridgehead atoms. The summed E-state index contributed by atoms with van der Waals surface area (Å²) in [5, 5.41) is 14.9. The van der Waals surface area contributed by atoms with Crippen molar-refractivity contribution in [1.29, 1.82) is 0 Å². The number of nitrogens with zero attached hydrogens (tertiary/aromatic N) is 4. The number of nitrogens with one attached hydrogen (secondary N) is 1. The van der Waals surface area contributed by atoms with E-state index in [4.69, 9.17) is 27.9 Å². The third kappa shape index (κ3) is 4.85. The van der Waals surface area contributed by atoms with Gasteiger partial charge in [0, 0.05) is 5.56 Å². The molecular weight excluding hydrogens is 405 g/mol. The molecule has 0 spiro atoms. The first-order chi connectivity index (χ1) is 13.4. The molecular formula is C18H15Cl2N5O3. The van der Waals surface area contributed by atoms with E-state index in [9.17, 15) is 9.59 Å². The molecule has 2 aromatic carbocycles. The van der Waals surface area contributed by atoms with Crippen LogP contribution in [0.5, 0.6) is 0 Å². The van der Waals surface area contributed by atoms with Gasteiger partial charge in [0.25, 0.3) is 5.91 Å². The number of aromatic nitrogens is 4. The number of hydrogen-bond donors (Lipinski definition) is 1. The van der Waals surface area contributed by atoms with Crippen LogP contribution in [0, 0.1) is 0 Å². The summed E-state index contributed by atoms with van der Waals surface area (Å²) in [7, 11) is 0. The summed E-state index contributed by atoms with van der Waals surface area (Å²) >= 11 is 11.9. The number of anilines is 1. The summed E-state index contributed by atoms with van der Waals surface area (Å²) in [6.45, 7) is 1.16. The second-order valence-electron chi connectivity index (χ2n) is 5.73. The number of esters is 1. The van der Waals surface area contributed by atoms with E-state index in [0.29, 0.717) is 16.5 Å². The molecule has 1 unspecified atom stereocenters. The molecule has 10 heteroatoms. The van der Waals surface area contributed by atoms with Gasteiger partial charge >= 0.3 is 5.97 Å². The molecule has 3 rings (SSSR count). The van der Waals surface area contributed by atoms with Gasteiger partial charge in [0.1, 0.15) is 0 Å². The van der Waals surface area contributed by atoms with E-state index in [-0.39, 0.29) is 11.6 Å². The third-order valence-electron chi connectivity index (χ3n) is 3.64. The Morgan fingerprint density at radius 2 is 1.89 bits per heavy atom. The lowest BCUT2D eigenvalue weighted by Crippen LogP contribution is -2.31. The van der Waals surface area contributed by atoms with E-state index in [1.54, 1.807) is 18.2 Å². The van der Waals surface area contributed by atoms with Crippen LogP contribution < -0.4 is 5.32 Å². The minimum absolute atomic E-state index is 0.205. The van der Waals surface area contributed by atoms with E-state index >= 15 is 0 Å². The predicted molar refractivity (Wildman–Crippen MR) is 104 cm³/mol. The minimum Gasteiger partial charge on any atom is -0.451 e. The SMILES string of the molecule is CC(OC(=O)Cn1nnc(-c2ccccc2)n1)C(=O)Nc1cccc(Cl)c1Cl. The highest BCUT2D eigenvalue weighted by Crippen LogP contribution is 2.29. The quantitative estimate of drug-likeness (QED) is 0.615. The monoisotopic (exact) mass is 419 g/mol. The fourth-order valence-electron chi connectivity index (χ4n) is 2.25. The van der Waals surface area contributed by atoms with Gasteiger partial charge in [-0.25, -0.2) is 4.79 Å². The van der Waals surface area contributed by atoms with Gasteiger partial charge in [-0.3, -0.25) is 4.79 Å². The first kappa shape index (κ1) is 19.8. The van der Waals surface area contributed by atoms with Gasteiger partial charge in [-0.05, 0) is 24.3 Å². The average Bonchev–Trinajstić information content (AvgIpc) is 3.14. The van der Waals surface area contributed by atoms with Crippen molar-refractivity contribution in [2.24, 2.45) is 0 Å². The zero-order chi connectivity index (χ0) is 20.1. The molecule has 8 nitrogen and oxygen atoms in total. The van der Waals surface area contributed by atoms with E-state index in [2.05, 4.69) is 20.7 Å². The largest absolute Gasteiger partial charge is 0.451 e. The van der Waals surface area contributed by atoms with Gasteiger partial charge in [0.05, 0.1) is 15.7 Å². The molecule has 1 N–H and O–H groups in total. The number of hydrogen-bond acceptors (Lipinski definition) is 6. The summed E-state index contributed by atoms with van der Waals surface area (Å²) in [6, 6.07) is 14.0. The maximum absolute atomic E-state index is 12.2. The Labute approximate surface area is 170 Å². The molecule has 0 aliphatic carbocycles. The van der Waals surface area contributed by atoms with Crippen LogP contribution in [0.1, 0.15) is 6.92 Å². The van der Waals surface area contributed by atoms with Crippen LogP contribution in [0.25, 0.3) is 11.4 Å². The fraction of sp³-hybridized carbons (Fsp3) is 0.167. The lowest BCUT2D eigenvalue weighted by molar-refractivity contribution is -0.154. The van der Waals surface area contributed by atoms with Gasteiger partial charge in [-0.2, -0.15) is 4.80 Å². The van der Waals surface area contributed by atoms with Crippen molar-refractivity contribution in [1.82, 2.24) is 20.2 Å². The van der Waals surface area contributed by atoms with Gasteiger partial charge in [-0.1, -0.05) is 59.6 Å². The normalized spacial score (nSPS) is 11.7. The summed E-state index contributed by atoms with van der Waals surface area (Å²) in [4.78, 5) is 25.4. The molecule has 1 atom stereocenters. The first-order valence-electron chi connectivity index (χ1n) is 8.21. The number of benzene rings is 2. The Hall–Kier alpha value is -2.97. The van der Waals surface area contributed by atoms with E-state index < -0.39 is 18.0 Å². The second-order valence-corrected chi connectivity index (χ2v) is 6.52. The number of carbonyl (C=O) groups is 2. The molecule has 28 heavy (non-hydrogen) atoms. The highest BCUT2D eigenvalue weighted by atomic mass is 35.5. The number of tetrazole rings is 1. The van der Waals surface area contributed by atoms with E-state index in [1.165, 1.54) is 6.92 Å². The van der Waals surface area contributed by atoms with Gasteiger partial charge in [-0.15, -0.1) is 10.2 Å². The highest BCUT2D eigenvalue weighted by Gasteiger charge is 2.20. The zero-order valence-electron chi connectivity index (χ0n) is 14.7. The topological polar surface area (TPSA) is 99.0 Å². The van der Waals surface area contributed by atoms with E-state index in [0.717, 1.165) is 10.4 Å². The maximum Gasteiger partial charge on any atom is 0.330 e. The predicted octanol–water partition coefficient (Wildman–Crippen LogP) is 3.22. The lowest BCUT2D eigenvalue weighted by Gasteiger charge is -2.14. The third-order valence-corrected chi connectivity index (χ3v) is 4.46. The Morgan fingerprint density at radius 3 is 2.64 bits per heavy atom. The van der Waals surface area contributed by atoms with Crippen molar-refractivity contribution in [3.05, 3.63) is 58.6 Å². The van der Waals surface area contributed by atoms with Crippen molar-refractivity contribution in [3.63, 3.8) is 0 Å². The van der Waals surface area contributed by atoms with Crippen LogP contribution >= 0.6 is 23.2 Å². The Kier molecular flexibility index (Phi) is 6.23. The molecule has 0 saturated heterocycles. The molecule has 0 fully saturated rings. The molecule has 3 aromatic rings. The van der Waals surface area contributed by atoms with Crippen molar-refractivity contribution >= 4 is 40.8 Å². The Bertz CT molecular complexity index is 994. The highest BCUT2D eigenvalue weighted by molar-refractivity contribution is 6.44. The molecule has 1 amide bonds. The van der Waals surface area contributed by atoms with Crippen LogP contribution in [0.3, 0.4) is 0 Å². The standard InChI is InChI=1S/C18H15Cl2N5O3/c1-11(18(27)21-14-9-5-8-13(19)16(14)20)28-15(26)10-25-23-17(22-24-25)12-6-3-2-4-7-12/h2-9,11H,10H2,1H3,(H,21,27). The molecule has 0 aliphatic heterocycles. The smallest absolute Gasteiger partial charge is 0.330 e. The number of rotatable bonds is 6. The molecule has 144 valence electrons. The molecule has 1 heterocycles. The van der Waals surface area contributed by atoms with Crippen LogP contribution in [0.4, 0.5) is 5.69 Å². The summed E-state index contributed by atoms with van der Waals surface area (Å²) in [5.74, 6) is -0.847. The van der Waals surface area contributed by atoms with Crippen molar-refractivity contribution in [2.75, 3.05) is 5.32 Å². The Morgan fingerprint density at radius 1 is 1.14 bits per heavy atom. The van der Waals surface area contributed by atoms with Crippen LogP contribution in [0.15, 0.2) is 48.5 Å². The lowest BCUT2D eigenvalue weighted by atomic mass is 10.2. The van der Waals surface area contributed by atoms with Crippen LogP contribution in [-0.4, -0.2) is 38.2 Å². The fourth-order valence-corrected chi connectivity index (χ4v) is 2.60. The molecule has 0 aliphatic rings. The summed E-state index contributed by atoms with van der Waals surface area (Å²) < 4.78 is 5.12. The number of carbonyl (C=O) groups excluding carboxylic acids is 2. The second kappa shape index (κ2) is 8.81. The van der Waals surface area contributed by atoms with Gasteiger partial charge < -0.3 is 10.1 Å². The maximum atomic E-state index is 12.2. The van der Waals surface area contributed by atoms with Crippen LogP contribution in [0.2, 0.25) is 10.0 Å². The molecule has 0 saturated carbocycles. The number of amides is 1. The van der Waals surface area contributed by atoms with Crippen LogP contribution in [-0.2, 0) is 20.9 Å². The van der Waals surface area contributed by atoms with Crippen molar-refractivity contribution in [2.45, 2.75) is 19.6 Å². The van der Waals surface area contributed by atoms with Crippen molar-refractivity contribution in [3.8, 4) is 11.4 Å². The Balaban J connectivity index is 1.56. The van der Waals surface area contributed by atoms with Crippen molar-refractivity contribution < 1.29 is 14.3 Å².